The van der Waals surface area contributed by atoms with Gasteiger partial charge in [-0.05, 0) is 25.7 Å². The van der Waals surface area contributed by atoms with Crippen LogP contribution in [0.2, 0.25) is 0 Å². The second-order valence-electron chi connectivity index (χ2n) is 3.66. The lowest BCUT2D eigenvalue weighted by Crippen LogP contribution is -2.11. The van der Waals surface area contributed by atoms with Crippen LogP contribution < -0.4 is 0 Å². The molecule has 0 aromatic carbocycles. The second-order valence-corrected chi connectivity index (χ2v) is 3.66. The molecule has 2 aromatic heterocycles. The molecule has 2 heterocycles. The molecule has 0 radical (unpaired) electrons. The topological polar surface area (TPSA) is 42.2 Å². The van der Waals surface area contributed by atoms with Gasteiger partial charge < -0.3 is 9.42 Å². The summed E-state index contributed by atoms with van der Waals surface area (Å²) in [5, 5.41) is 3.69. The minimum absolute atomic E-state index is 0.856. The smallest absolute Gasteiger partial charge is 0.133 e. The van der Waals surface area contributed by atoms with E-state index in [1.807, 2.05) is 20.2 Å². The third-order valence-electron chi connectivity index (χ3n) is 2.08. The van der Waals surface area contributed by atoms with Gasteiger partial charge in [0.25, 0.3) is 0 Å². The average molecular weight is 203 g/mol. The number of hydrogen-bond donors (Lipinski definition) is 0. The van der Waals surface area contributed by atoms with Crippen LogP contribution in [-0.2, 0) is 6.54 Å². The number of hydrogen-bond acceptors (Lipinski definition) is 4. The molecule has 0 fully saturated rings. The summed E-state index contributed by atoms with van der Waals surface area (Å²) in [6, 6.07) is 4.01. The molecule has 15 heavy (non-hydrogen) atoms. The molecule has 0 unspecified atom stereocenters. The first-order chi connectivity index (χ1) is 7.27. The highest BCUT2D eigenvalue weighted by molar-refractivity contribution is 5.60. The van der Waals surface area contributed by atoms with Crippen LogP contribution in [0.5, 0.6) is 0 Å². The molecule has 0 aliphatic carbocycles. The summed E-state index contributed by atoms with van der Waals surface area (Å²) in [6.07, 6.45) is 5.07. The molecule has 0 atom stereocenters. The van der Waals surface area contributed by atoms with Crippen LogP contribution in [0, 0.1) is 0 Å². The lowest BCUT2D eigenvalue weighted by molar-refractivity contribution is 0.402. The molecule has 0 saturated heterocycles. The first-order valence-corrected chi connectivity index (χ1v) is 4.76. The van der Waals surface area contributed by atoms with E-state index in [2.05, 4.69) is 21.1 Å². The SMILES string of the molecule is CN(C)Cc1cccnc1-c1cnoc1. The van der Waals surface area contributed by atoms with Crippen LogP contribution in [0.25, 0.3) is 11.3 Å². The van der Waals surface area contributed by atoms with Gasteiger partial charge >= 0.3 is 0 Å². The van der Waals surface area contributed by atoms with Crippen molar-refractivity contribution in [2.75, 3.05) is 14.1 Å². The quantitative estimate of drug-likeness (QED) is 0.762. The van der Waals surface area contributed by atoms with Gasteiger partial charge in [0.1, 0.15) is 6.26 Å². The zero-order valence-corrected chi connectivity index (χ0v) is 8.84. The predicted molar refractivity (Wildman–Crippen MR) is 57.1 cm³/mol. The van der Waals surface area contributed by atoms with Gasteiger partial charge in [-0.15, -0.1) is 0 Å². The summed E-state index contributed by atoms with van der Waals surface area (Å²) in [4.78, 5) is 6.45. The molecule has 4 nitrogen and oxygen atoms in total. The third kappa shape index (κ3) is 2.22. The van der Waals surface area contributed by atoms with E-state index in [0.717, 1.165) is 17.8 Å². The van der Waals surface area contributed by atoms with Crippen molar-refractivity contribution < 1.29 is 4.52 Å². The average Bonchev–Trinajstić information content (AvgIpc) is 2.70. The van der Waals surface area contributed by atoms with Gasteiger partial charge in [0.2, 0.25) is 0 Å². The van der Waals surface area contributed by atoms with Gasteiger partial charge in [-0.2, -0.15) is 0 Å². The molecule has 0 saturated carbocycles. The van der Waals surface area contributed by atoms with Crippen molar-refractivity contribution in [1.82, 2.24) is 15.0 Å². The summed E-state index contributed by atoms with van der Waals surface area (Å²) >= 11 is 0. The van der Waals surface area contributed by atoms with Crippen molar-refractivity contribution >= 4 is 0 Å². The Morgan fingerprint density at radius 3 is 2.93 bits per heavy atom. The fourth-order valence-corrected chi connectivity index (χ4v) is 1.49. The van der Waals surface area contributed by atoms with Gasteiger partial charge in [0, 0.05) is 12.7 Å². The number of pyridine rings is 1. The molecule has 0 aliphatic rings. The number of rotatable bonds is 3. The Morgan fingerprint density at radius 2 is 2.27 bits per heavy atom. The van der Waals surface area contributed by atoms with Crippen molar-refractivity contribution in [3.63, 3.8) is 0 Å². The summed E-state index contributed by atoms with van der Waals surface area (Å²) < 4.78 is 4.83. The Bertz CT molecular complexity index is 423. The van der Waals surface area contributed by atoms with E-state index in [-0.39, 0.29) is 0 Å². The van der Waals surface area contributed by atoms with Crippen LogP contribution in [0.4, 0.5) is 0 Å². The fraction of sp³-hybridized carbons (Fsp3) is 0.273. The minimum atomic E-state index is 0.856. The fourth-order valence-electron chi connectivity index (χ4n) is 1.49. The van der Waals surface area contributed by atoms with Crippen LogP contribution in [-0.4, -0.2) is 29.1 Å². The maximum absolute atomic E-state index is 4.83. The number of aromatic nitrogens is 2. The normalized spacial score (nSPS) is 10.9. The van der Waals surface area contributed by atoms with Gasteiger partial charge in [-0.25, -0.2) is 0 Å². The predicted octanol–water partition coefficient (Wildman–Crippen LogP) is 1.80. The largest absolute Gasteiger partial charge is 0.364 e. The lowest BCUT2D eigenvalue weighted by Gasteiger charge is -2.11. The van der Waals surface area contributed by atoms with E-state index in [9.17, 15) is 0 Å². The summed E-state index contributed by atoms with van der Waals surface area (Å²) in [6.45, 7) is 0.856. The summed E-state index contributed by atoms with van der Waals surface area (Å²) in [5.41, 5.74) is 3.03. The molecule has 0 N–H and O–H groups in total. The lowest BCUT2D eigenvalue weighted by atomic mass is 10.1. The van der Waals surface area contributed by atoms with E-state index in [4.69, 9.17) is 4.52 Å². The van der Waals surface area contributed by atoms with E-state index in [1.165, 1.54) is 5.56 Å². The van der Waals surface area contributed by atoms with Crippen LogP contribution >= 0.6 is 0 Å². The van der Waals surface area contributed by atoms with E-state index >= 15 is 0 Å². The molecular formula is C11H13N3O. The monoisotopic (exact) mass is 203 g/mol. The first kappa shape index (κ1) is 9.86. The Balaban J connectivity index is 2.38. The molecule has 4 heteroatoms. The van der Waals surface area contributed by atoms with Gasteiger partial charge in [-0.1, -0.05) is 11.2 Å². The van der Waals surface area contributed by atoms with Gasteiger partial charge in [0.15, 0.2) is 0 Å². The van der Waals surface area contributed by atoms with E-state index < -0.39 is 0 Å². The molecule has 0 aliphatic heterocycles. The summed E-state index contributed by atoms with van der Waals surface area (Å²) in [5.74, 6) is 0. The van der Waals surface area contributed by atoms with Crippen molar-refractivity contribution in [1.29, 1.82) is 0 Å². The summed E-state index contributed by atoms with van der Waals surface area (Å²) in [7, 11) is 4.06. The molecule has 0 bridgehead atoms. The van der Waals surface area contributed by atoms with Gasteiger partial charge in [-0.3, -0.25) is 4.98 Å². The van der Waals surface area contributed by atoms with Crippen LogP contribution in [0.15, 0.2) is 35.3 Å². The standard InChI is InChI=1S/C11H13N3O/c1-14(2)7-9-4-3-5-12-11(9)10-6-13-15-8-10/h3-6,8H,7H2,1-2H3. The highest BCUT2D eigenvalue weighted by atomic mass is 16.5. The Labute approximate surface area is 88.5 Å². The maximum Gasteiger partial charge on any atom is 0.133 e. The molecule has 78 valence electrons. The zero-order valence-electron chi connectivity index (χ0n) is 8.84. The minimum Gasteiger partial charge on any atom is -0.364 e. The third-order valence-corrected chi connectivity index (χ3v) is 2.08. The number of nitrogens with zero attached hydrogens (tertiary/aromatic N) is 3. The van der Waals surface area contributed by atoms with E-state index in [0.29, 0.717) is 0 Å². The maximum atomic E-state index is 4.83. The van der Waals surface area contributed by atoms with Crippen LogP contribution in [0.3, 0.4) is 0 Å². The molecule has 0 amide bonds. The first-order valence-electron chi connectivity index (χ1n) is 4.76. The highest BCUT2D eigenvalue weighted by Crippen LogP contribution is 2.20. The van der Waals surface area contributed by atoms with Crippen molar-refractivity contribution in [3.8, 4) is 11.3 Å². The molecule has 0 spiro atoms. The molecule has 2 rings (SSSR count). The highest BCUT2D eigenvalue weighted by Gasteiger charge is 2.08. The Kier molecular flexibility index (Phi) is 2.78. The molecule has 2 aromatic rings. The van der Waals surface area contributed by atoms with Gasteiger partial charge in [0.05, 0.1) is 17.5 Å². The Morgan fingerprint density at radius 1 is 1.40 bits per heavy atom. The van der Waals surface area contributed by atoms with Crippen LogP contribution in [0.1, 0.15) is 5.56 Å². The van der Waals surface area contributed by atoms with Crippen molar-refractivity contribution in [3.05, 3.63) is 36.4 Å². The van der Waals surface area contributed by atoms with Crippen molar-refractivity contribution in [2.24, 2.45) is 0 Å². The Hall–Kier alpha value is -1.68. The zero-order chi connectivity index (χ0) is 10.7. The van der Waals surface area contributed by atoms with E-state index in [1.54, 1.807) is 18.7 Å². The second kappa shape index (κ2) is 4.23. The molecular weight excluding hydrogens is 190 g/mol. The van der Waals surface area contributed by atoms with Crippen molar-refractivity contribution in [2.45, 2.75) is 6.54 Å².